The normalized spacial score (nSPS) is 11.3. The molecule has 0 N–H and O–H groups in total. The molecule has 0 saturated carbocycles. The van der Waals surface area contributed by atoms with Gasteiger partial charge >= 0.3 is 11.9 Å². The third kappa shape index (κ3) is 3.98. The fourth-order valence-corrected chi connectivity index (χ4v) is 3.02. The van der Waals surface area contributed by atoms with Crippen LogP contribution in [0.5, 0.6) is 11.5 Å². The van der Waals surface area contributed by atoms with Gasteiger partial charge in [0, 0.05) is 28.7 Å². The van der Waals surface area contributed by atoms with Crippen LogP contribution in [0, 0.1) is 24.0 Å². The Hall–Kier alpha value is -3.62. The SMILES string of the molecule is Cc1cc(C=O)c(C)n1-c1ccc(Oc2ccc(C(F)(F)F)cc2[N+](=O)[O-])cc1. The van der Waals surface area contributed by atoms with Gasteiger partial charge in [0.05, 0.1) is 10.5 Å². The largest absolute Gasteiger partial charge is 0.450 e. The zero-order valence-electron chi connectivity index (χ0n) is 15.4. The monoisotopic (exact) mass is 404 g/mol. The van der Waals surface area contributed by atoms with Crippen molar-refractivity contribution in [2.75, 3.05) is 0 Å². The lowest BCUT2D eigenvalue weighted by Crippen LogP contribution is -2.06. The van der Waals surface area contributed by atoms with Crippen molar-refractivity contribution >= 4 is 12.0 Å². The van der Waals surface area contributed by atoms with Crippen molar-refractivity contribution in [2.45, 2.75) is 20.0 Å². The van der Waals surface area contributed by atoms with E-state index in [0.29, 0.717) is 11.6 Å². The fourth-order valence-electron chi connectivity index (χ4n) is 3.02. The molecule has 0 saturated heterocycles. The highest BCUT2D eigenvalue weighted by atomic mass is 19.4. The fraction of sp³-hybridized carbons (Fsp3) is 0.150. The summed E-state index contributed by atoms with van der Waals surface area (Å²) in [5.74, 6) is -0.0815. The predicted molar refractivity (Wildman–Crippen MR) is 98.8 cm³/mol. The minimum absolute atomic E-state index is 0.217. The maximum atomic E-state index is 12.8. The molecule has 0 aliphatic rings. The predicted octanol–water partition coefficient (Wildman–Crippen LogP) is 5.63. The summed E-state index contributed by atoms with van der Waals surface area (Å²) in [6.45, 7) is 3.64. The first-order valence-electron chi connectivity index (χ1n) is 8.40. The van der Waals surface area contributed by atoms with Crippen molar-refractivity contribution in [3.8, 4) is 17.2 Å². The van der Waals surface area contributed by atoms with E-state index >= 15 is 0 Å². The zero-order valence-corrected chi connectivity index (χ0v) is 15.4. The van der Waals surface area contributed by atoms with E-state index in [1.807, 2.05) is 11.5 Å². The third-order valence-electron chi connectivity index (χ3n) is 4.40. The number of aryl methyl sites for hydroxylation is 1. The van der Waals surface area contributed by atoms with Gasteiger partial charge in [-0.15, -0.1) is 0 Å². The molecule has 1 heterocycles. The van der Waals surface area contributed by atoms with Gasteiger partial charge in [0.25, 0.3) is 0 Å². The molecule has 3 rings (SSSR count). The number of hydrogen-bond donors (Lipinski definition) is 0. The number of ether oxygens (including phenoxy) is 1. The summed E-state index contributed by atoms with van der Waals surface area (Å²) >= 11 is 0. The van der Waals surface area contributed by atoms with Crippen LogP contribution in [0.4, 0.5) is 18.9 Å². The molecule has 3 aromatic rings. The number of halogens is 3. The molecule has 0 spiro atoms. The molecule has 6 nitrogen and oxygen atoms in total. The number of benzene rings is 2. The Kier molecular flexibility index (Phi) is 5.15. The van der Waals surface area contributed by atoms with Crippen LogP contribution < -0.4 is 4.74 Å². The second-order valence-corrected chi connectivity index (χ2v) is 6.31. The van der Waals surface area contributed by atoms with Crippen LogP contribution in [0.2, 0.25) is 0 Å². The summed E-state index contributed by atoms with van der Waals surface area (Å²) in [6, 6.07) is 10.3. The van der Waals surface area contributed by atoms with E-state index < -0.39 is 22.4 Å². The number of nitro benzene ring substituents is 1. The van der Waals surface area contributed by atoms with Crippen molar-refractivity contribution in [1.29, 1.82) is 0 Å². The number of carbonyl (C=O) groups is 1. The lowest BCUT2D eigenvalue weighted by molar-refractivity contribution is -0.385. The molecule has 0 amide bonds. The maximum absolute atomic E-state index is 12.8. The van der Waals surface area contributed by atoms with Crippen molar-refractivity contribution in [3.05, 3.63) is 81.2 Å². The first kappa shape index (κ1) is 20.1. The molecule has 29 heavy (non-hydrogen) atoms. The van der Waals surface area contributed by atoms with Crippen LogP contribution in [0.3, 0.4) is 0 Å². The molecule has 0 unspecified atom stereocenters. The Bertz CT molecular complexity index is 1090. The van der Waals surface area contributed by atoms with Gasteiger partial charge in [-0.1, -0.05) is 0 Å². The number of rotatable bonds is 5. The Labute approximate surface area is 163 Å². The maximum Gasteiger partial charge on any atom is 0.416 e. The third-order valence-corrected chi connectivity index (χ3v) is 4.40. The van der Waals surface area contributed by atoms with Crippen molar-refractivity contribution in [3.63, 3.8) is 0 Å². The van der Waals surface area contributed by atoms with Crippen LogP contribution in [-0.4, -0.2) is 15.8 Å². The summed E-state index contributed by atoms with van der Waals surface area (Å²) in [7, 11) is 0. The molecule has 0 fully saturated rings. The first-order chi connectivity index (χ1) is 13.6. The standard InChI is InChI=1S/C20H15F3N2O4/c1-12-9-14(11-26)13(2)24(12)16-4-6-17(7-5-16)29-19-8-3-15(20(21,22)23)10-18(19)25(27)28/h3-11H,1-2H3. The van der Waals surface area contributed by atoms with Crippen LogP contribution in [0.25, 0.3) is 5.69 Å². The highest BCUT2D eigenvalue weighted by Gasteiger charge is 2.33. The molecule has 0 bridgehead atoms. The number of aromatic nitrogens is 1. The van der Waals surface area contributed by atoms with Gasteiger partial charge in [-0.3, -0.25) is 14.9 Å². The second-order valence-electron chi connectivity index (χ2n) is 6.31. The highest BCUT2D eigenvalue weighted by Crippen LogP contribution is 2.38. The van der Waals surface area contributed by atoms with Gasteiger partial charge < -0.3 is 9.30 Å². The van der Waals surface area contributed by atoms with Crippen LogP contribution in [0.15, 0.2) is 48.5 Å². The van der Waals surface area contributed by atoms with Crippen molar-refractivity contribution < 1.29 is 27.6 Å². The minimum atomic E-state index is -4.70. The number of alkyl halides is 3. The smallest absolute Gasteiger partial charge is 0.416 e. The van der Waals surface area contributed by atoms with Gasteiger partial charge in [-0.05, 0) is 56.3 Å². The molecule has 2 aromatic carbocycles. The minimum Gasteiger partial charge on any atom is -0.450 e. The average molecular weight is 404 g/mol. The van der Waals surface area contributed by atoms with E-state index in [-0.39, 0.29) is 11.5 Å². The second kappa shape index (κ2) is 7.42. The Morgan fingerprint density at radius 3 is 2.24 bits per heavy atom. The van der Waals surface area contributed by atoms with Gasteiger partial charge in [0.1, 0.15) is 5.75 Å². The Morgan fingerprint density at radius 1 is 1.07 bits per heavy atom. The molecule has 0 aliphatic carbocycles. The van der Waals surface area contributed by atoms with Crippen molar-refractivity contribution in [2.24, 2.45) is 0 Å². The molecule has 0 atom stereocenters. The van der Waals surface area contributed by atoms with E-state index in [4.69, 9.17) is 4.74 Å². The van der Waals surface area contributed by atoms with Gasteiger partial charge in [0.15, 0.2) is 6.29 Å². The molecule has 0 aliphatic heterocycles. The lowest BCUT2D eigenvalue weighted by atomic mass is 10.2. The van der Waals surface area contributed by atoms with Crippen LogP contribution >= 0.6 is 0 Å². The Morgan fingerprint density at radius 2 is 1.72 bits per heavy atom. The summed E-state index contributed by atoms with van der Waals surface area (Å²) in [4.78, 5) is 21.3. The summed E-state index contributed by atoms with van der Waals surface area (Å²) in [5.41, 5.74) is 0.986. The quantitative estimate of drug-likeness (QED) is 0.314. The number of nitrogens with zero attached hydrogens (tertiary/aromatic N) is 2. The van der Waals surface area contributed by atoms with E-state index in [9.17, 15) is 28.1 Å². The highest BCUT2D eigenvalue weighted by molar-refractivity contribution is 5.77. The molecular formula is C20H15F3N2O4. The van der Waals surface area contributed by atoms with Gasteiger partial charge in [-0.2, -0.15) is 13.2 Å². The topological polar surface area (TPSA) is 74.4 Å². The number of hydrogen-bond acceptors (Lipinski definition) is 4. The molecule has 0 radical (unpaired) electrons. The van der Waals surface area contributed by atoms with E-state index in [2.05, 4.69) is 0 Å². The summed E-state index contributed by atoms with van der Waals surface area (Å²) in [5, 5.41) is 11.2. The number of carbonyl (C=O) groups excluding carboxylic acids is 1. The summed E-state index contributed by atoms with van der Waals surface area (Å²) < 4.78 is 45.7. The summed E-state index contributed by atoms with van der Waals surface area (Å²) in [6.07, 6.45) is -3.93. The average Bonchev–Trinajstić information content (AvgIpc) is 2.95. The van der Waals surface area contributed by atoms with E-state index in [1.165, 1.54) is 12.1 Å². The van der Waals surface area contributed by atoms with Crippen LogP contribution in [0.1, 0.15) is 27.3 Å². The molecule has 9 heteroatoms. The lowest BCUT2D eigenvalue weighted by Gasteiger charge is -2.12. The molecule has 150 valence electrons. The zero-order chi connectivity index (χ0) is 21.3. The first-order valence-corrected chi connectivity index (χ1v) is 8.40. The Balaban J connectivity index is 1.92. The van der Waals surface area contributed by atoms with E-state index in [1.54, 1.807) is 25.1 Å². The number of aldehydes is 1. The van der Waals surface area contributed by atoms with E-state index in [0.717, 1.165) is 35.5 Å². The molecule has 1 aromatic heterocycles. The van der Waals surface area contributed by atoms with Gasteiger partial charge in [0.2, 0.25) is 5.75 Å². The molecular weight excluding hydrogens is 389 g/mol. The number of nitro groups is 1. The van der Waals surface area contributed by atoms with Gasteiger partial charge in [-0.25, -0.2) is 0 Å². The van der Waals surface area contributed by atoms with Crippen molar-refractivity contribution in [1.82, 2.24) is 4.57 Å². The van der Waals surface area contributed by atoms with Crippen LogP contribution in [-0.2, 0) is 6.18 Å².